The number of amides is 3. The molecule has 2 aromatic rings. The summed E-state index contributed by atoms with van der Waals surface area (Å²) in [5, 5.41) is 15.2. The van der Waals surface area contributed by atoms with E-state index in [1.54, 1.807) is 35.2 Å². The minimum atomic E-state index is -1.44. The minimum absolute atomic E-state index is 0.0458. The SMILES string of the molecule is Cc1ccc(NC(=O)C(=O)NCC(C)(O)c2ccco2)cc1N1CCCC1=O. The maximum atomic E-state index is 12.2. The van der Waals surface area contributed by atoms with Crippen LogP contribution in [-0.4, -0.2) is 35.9 Å². The van der Waals surface area contributed by atoms with Gasteiger partial charge in [-0.2, -0.15) is 0 Å². The van der Waals surface area contributed by atoms with Crippen LogP contribution < -0.4 is 15.5 Å². The Morgan fingerprint density at radius 2 is 2.07 bits per heavy atom. The zero-order valence-corrected chi connectivity index (χ0v) is 15.8. The molecule has 8 nitrogen and oxygen atoms in total. The highest BCUT2D eigenvalue weighted by Crippen LogP contribution is 2.28. The predicted molar refractivity (Wildman–Crippen MR) is 103 cm³/mol. The predicted octanol–water partition coefficient (Wildman–Crippen LogP) is 1.68. The van der Waals surface area contributed by atoms with Gasteiger partial charge in [-0.1, -0.05) is 6.07 Å². The Labute approximate surface area is 162 Å². The Morgan fingerprint density at radius 3 is 2.71 bits per heavy atom. The molecular weight excluding hydrogens is 362 g/mol. The van der Waals surface area contributed by atoms with Gasteiger partial charge in [0, 0.05) is 24.3 Å². The summed E-state index contributed by atoms with van der Waals surface area (Å²) in [5.41, 5.74) is 0.610. The molecule has 148 valence electrons. The van der Waals surface area contributed by atoms with Crippen molar-refractivity contribution >= 4 is 29.1 Å². The van der Waals surface area contributed by atoms with E-state index in [9.17, 15) is 19.5 Å². The lowest BCUT2D eigenvalue weighted by Crippen LogP contribution is -2.43. The van der Waals surface area contributed by atoms with Crippen LogP contribution >= 0.6 is 0 Å². The third-order valence-corrected chi connectivity index (χ3v) is 4.68. The van der Waals surface area contributed by atoms with E-state index >= 15 is 0 Å². The molecule has 1 aliphatic heterocycles. The molecule has 3 N–H and O–H groups in total. The van der Waals surface area contributed by atoms with Crippen LogP contribution in [0.5, 0.6) is 0 Å². The van der Waals surface area contributed by atoms with Gasteiger partial charge in [0.2, 0.25) is 5.91 Å². The third kappa shape index (κ3) is 4.23. The molecule has 1 saturated heterocycles. The van der Waals surface area contributed by atoms with Gasteiger partial charge in [-0.15, -0.1) is 0 Å². The minimum Gasteiger partial charge on any atom is -0.466 e. The van der Waals surface area contributed by atoms with Crippen LogP contribution in [0.3, 0.4) is 0 Å². The number of aryl methyl sites for hydroxylation is 1. The normalized spacial score (nSPS) is 16.0. The van der Waals surface area contributed by atoms with Crippen molar-refractivity contribution in [2.24, 2.45) is 0 Å². The van der Waals surface area contributed by atoms with Gasteiger partial charge in [0.05, 0.1) is 12.8 Å². The maximum absolute atomic E-state index is 12.2. The Bertz CT molecular complexity index is 889. The standard InChI is InChI=1S/C20H23N3O5/c1-13-7-8-14(11-15(13)23-9-3-6-17(23)24)22-19(26)18(25)21-12-20(2,27)16-5-4-10-28-16/h4-5,7-8,10-11,27H,3,6,9,12H2,1-2H3,(H,21,25)(H,22,26). The number of carbonyl (C=O) groups is 3. The van der Waals surface area contributed by atoms with Crippen molar-refractivity contribution in [3.63, 3.8) is 0 Å². The van der Waals surface area contributed by atoms with E-state index in [1.165, 1.54) is 13.2 Å². The first-order chi connectivity index (χ1) is 13.3. The third-order valence-electron chi connectivity index (χ3n) is 4.68. The summed E-state index contributed by atoms with van der Waals surface area (Å²) >= 11 is 0. The summed E-state index contributed by atoms with van der Waals surface area (Å²) in [7, 11) is 0. The van der Waals surface area contributed by atoms with E-state index in [4.69, 9.17) is 4.42 Å². The van der Waals surface area contributed by atoms with E-state index in [0.717, 1.165) is 17.7 Å². The van der Waals surface area contributed by atoms with E-state index in [2.05, 4.69) is 10.6 Å². The van der Waals surface area contributed by atoms with Crippen molar-refractivity contribution in [2.75, 3.05) is 23.3 Å². The summed E-state index contributed by atoms with van der Waals surface area (Å²) in [6, 6.07) is 8.35. The summed E-state index contributed by atoms with van der Waals surface area (Å²) in [6.07, 6.45) is 2.72. The molecule has 3 rings (SSSR count). The summed E-state index contributed by atoms with van der Waals surface area (Å²) < 4.78 is 5.13. The van der Waals surface area contributed by atoms with Gasteiger partial charge in [0.1, 0.15) is 11.4 Å². The Morgan fingerprint density at radius 1 is 1.29 bits per heavy atom. The van der Waals surface area contributed by atoms with Crippen LogP contribution in [0.1, 0.15) is 31.1 Å². The molecule has 1 unspecified atom stereocenters. The maximum Gasteiger partial charge on any atom is 0.313 e. The van der Waals surface area contributed by atoms with Crippen molar-refractivity contribution in [3.05, 3.63) is 47.9 Å². The number of aliphatic hydroxyl groups is 1. The molecular formula is C20H23N3O5. The molecule has 0 aliphatic carbocycles. The number of carbonyl (C=O) groups excluding carboxylic acids is 3. The van der Waals surface area contributed by atoms with Crippen LogP contribution in [0.25, 0.3) is 0 Å². The van der Waals surface area contributed by atoms with Crippen molar-refractivity contribution < 1.29 is 23.9 Å². The second-order valence-electron chi connectivity index (χ2n) is 7.04. The Kier molecular flexibility index (Phi) is 5.51. The molecule has 28 heavy (non-hydrogen) atoms. The van der Waals surface area contributed by atoms with Gasteiger partial charge in [-0.05, 0) is 50.1 Å². The van der Waals surface area contributed by atoms with Gasteiger partial charge in [0.15, 0.2) is 0 Å². The quantitative estimate of drug-likeness (QED) is 0.678. The number of rotatable bonds is 5. The van der Waals surface area contributed by atoms with Gasteiger partial charge in [-0.25, -0.2) is 0 Å². The Hall–Kier alpha value is -3.13. The number of nitrogens with zero attached hydrogens (tertiary/aromatic N) is 1. The summed E-state index contributed by atoms with van der Waals surface area (Å²) in [5.74, 6) is -1.42. The van der Waals surface area contributed by atoms with Gasteiger partial charge < -0.3 is 25.1 Å². The summed E-state index contributed by atoms with van der Waals surface area (Å²) in [6.45, 7) is 3.81. The second-order valence-corrected chi connectivity index (χ2v) is 7.04. The second kappa shape index (κ2) is 7.85. The van der Waals surface area contributed by atoms with E-state index in [-0.39, 0.29) is 18.2 Å². The highest BCUT2D eigenvalue weighted by Gasteiger charge is 2.28. The molecule has 1 aromatic heterocycles. The van der Waals surface area contributed by atoms with Gasteiger partial charge >= 0.3 is 11.8 Å². The van der Waals surface area contributed by atoms with Crippen molar-refractivity contribution in [1.82, 2.24) is 5.32 Å². The fourth-order valence-corrected chi connectivity index (χ4v) is 3.07. The van der Waals surface area contributed by atoms with Crippen LogP contribution in [0, 0.1) is 6.92 Å². The highest BCUT2D eigenvalue weighted by atomic mass is 16.4. The first kappa shape index (κ1) is 19.6. The molecule has 1 atom stereocenters. The first-order valence-corrected chi connectivity index (χ1v) is 9.04. The number of hydrogen-bond acceptors (Lipinski definition) is 5. The number of hydrogen-bond donors (Lipinski definition) is 3. The van der Waals surface area contributed by atoms with Crippen molar-refractivity contribution in [1.29, 1.82) is 0 Å². The molecule has 0 bridgehead atoms. The highest BCUT2D eigenvalue weighted by molar-refractivity contribution is 6.39. The topological polar surface area (TPSA) is 112 Å². The molecule has 2 heterocycles. The molecule has 1 aromatic carbocycles. The fraction of sp³-hybridized carbons (Fsp3) is 0.350. The summed E-state index contributed by atoms with van der Waals surface area (Å²) in [4.78, 5) is 38.0. The lowest BCUT2D eigenvalue weighted by Gasteiger charge is -2.21. The van der Waals surface area contributed by atoms with Crippen LogP contribution in [0.4, 0.5) is 11.4 Å². The largest absolute Gasteiger partial charge is 0.466 e. The van der Waals surface area contributed by atoms with E-state index < -0.39 is 17.4 Å². The average Bonchev–Trinajstić information content (AvgIpc) is 3.33. The molecule has 3 amide bonds. The molecule has 0 radical (unpaired) electrons. The zero-order valence-electron chi connectivity index (χ0n) is 15.8. The lowest BCUT2D eigenvalue weighted by molar-refractivity contribution is -0.136. The molecule has 0 saturated carbocycles. The lowest BCUT2D eigenvalue weighted by atomic mass is 10.0. The smallest absolute Gasteiger partial charge is 0.313 e. The molecule has 0 spiro atoms. The van der Waals surface area contributed by atoms with Crippen LogP contribution in [-0.2, 0) is 20.0 Å². The molecule has 1 fully saturated rings. The molecule has 1 aliphatic rings. The zero-order chi connectivity index (χ0) is 20.3. The number of benzene rings is 1. The van der Waals surface area contributed by atoms with Crippen molar-refractivity contribution in [3.8, 4) is 0 Å². The van der Waals surface area contributed by atoms with Crippen LogP contribution in [0.15, 0.2) is 41.0 Å². The van der Waals surface area contributed by atoms with E-state index in [1.807, 2.05) is 6.92 Å². The average molecular weight is 385 g/mol. The van der Waals surface area contributed by atoms with E-state index in [0.29, 0.717) is 18.7 Å². The first-order valence-electron chi connectivity index (χ1n) is 9.04. The van der Waals surface area contributed by atoms with Gasteiger partial charge in [-0.3, -0.25) is 14.4 Å². The number of anilines is 2. The van der Waals surface area contributed by atoms with Crippen LogP contribution in [0.2, 0.25) is 0 Å². The Balaban J connectivity index is 1.62. The monoisotopic (exact) mass is 385 g/mol. The van der Waals surface area contributed by atoms with Gasteiger partial charge in [0.25, 0.3) is 0 Å². The molecule has 8 heteroatoms. The van der Waals surface area contributed by atoms with Crippen molar-refractivity contribution in [2.45, 2.75) is 32.3 Å². The number of furan rings is 1. The number of nitrogens with one attached hydrogen (secondary N) is 2. The fourth-order valence-electron chi connectivity index (χ4n) is 3.07.